The Labute approximate surface area is 298 Å². The first-order valence-corrected chi connectivity index (χ1v) is 17.8. The van der Waals surface area contributed by atoms with Crippen molar-refractivity contribution in [2.24, 2.45) is 0 Å². The molecule has 9 aromatic rings. The lowest BCUT2D eigenvalue weighted by Crippen LogP contribution is -2.16. The fourth-order valence-electron chi connectivity index (χ4n) is 8.48. The Morgan fingerprint density at radius 3 is 1.94 bits per heavy atom. The maximum absolute atomic E-state index is 2.50. The largest absolute Gasteiger partial charge is 0.310 e. The number of fused-ring (bicyclic) bond motifs is 7. The highest BCUT2D eigenvalue weighted by Gasteiger charge is 2.36. The Hall–Kier alpha value is -6.38. The molecule has 10 rings (SSSR count). The normalized spacial score (nSPS) is 13.1. The van der Waals surface area contributed by atoms with E-state index in [0.717, 1.165) is 22.7 Å². The second-order valence-corrected chi connectivity index (χ2v) is 14.2. The molecule has 0 atom stereocenters. The predicted molar refractivity (Wildman–Crippen MR) is 216 cm³/mol. The third kappa shape index (κ3) is 4.57. The van der Waals surface area contributed by atoms with Gasteiger partial charge in [-0.2, -0.15) is 0 Å². The molecular weight excluding hydrogens is 617 g/mol. The molecule has 51 heavy (non-hydrogen) atoms. The maximum atomic E-state index is 2.50. The summed E-state index contributed by atoms with van der Waals surface area (Å²) in [7, 11) is 0. The van der Waals surface area contributed by atoms with Crippen LogP contribution in [0.5, 0.6) is 0 Å². The van der Waals surface area contributed by atoms with Gasteiger partial charge in [0.15, 0.2) is 0 Å². The van der Waals surface area contributed by atoms with Crippen LogP contribution in [-0.4, -0.2) is 4.57 Å². The van der Waals surface area contributed by atoms with E-state index in [-0.39, 0.29) is 5.41 Å². The third-order valence-electron chi connectivity index (χ3n) is 10.9. The lowest BCUT2D eigenvalue weighted by Gasteiger charge is -2.29. The minimum Gasteiger partial charge on any atom is -0.310 e. The zero-order valence-corrected chi connectivity index (χ0v) is 28.7. The minimum absolute atomic E-state index is 0.123. The van der Waals surface area contributed by atoms with E-state index in [1.165, 1.54) is 66.0 Å². The lowest BCUT2D eigenvalue weighted by molar-refractivity contribution is 0.660. The third-order valence-corrected chi connectivity index (χ3v) is 10.9. The summed E-state index contributed by atoms with van der Waals surface area (Å²) >= 11 is 0. The summed E-state index contributed by atoms with van der Waals surface area (Å²) in [5, 5.41) is 4.91. The van der Waals surface area contributed by atoms with E-state index >= 15 is 0 Å². The van der Waals surface area contributed by atoms with Crippen LogP contribution in [0.1, 0.15) is 25.0 Å². The predicted octanol–water partition coefficient (Wildman–Crippen LogP) is 13.4. The van der Waals surface area contributed by atoms with Crippen LogP contribution in [0, 0.1) is 0 Å². The molecule has 0 saturated heterocycles. The number of aromatic nitrogens is 1. The monoisotopic (exact) mass is 652 g/mol. The Balaban J connectivity index is 1.33. The molecule has 0 aliphatic heterocycles. The molecule has 2 heteroatoms. The molecule has 0 saturated carbocycles. The van der Waals surface area contributed by atoms with E-state index in [1.54, 1.807) is 0 Å². The minimum atomic E-state index is -0.123. The number of anilines is 3. The average Bonchev–Trinajstić information content (AvgIpc) is 3.64. The van der Waals surface area contributed by atoms with Crippen molar-refractivity contribution in [3.05, 3.63) is 193 Å². The van der Waals surface area contributed by atoms with E-state index in [1.807, 2.05) is 0 Å². The number of rotatable bonds is 5. The van der Waals surface area contributed by atoms with Crippen LogP contribution in [-0.2, 0) is 5.41 Å². The van der Waals surface area contributed by atoms with Gasteiger partial charge in [-0.25, -0.2) is 0 Å². The van der Waals surface area contributed by atoms with E-state index in [9.17, 15) is 0 Å². The lowest BCUT2D eigenvalue weighted by atomic mass is 9.82. The number of hydrogen-bond acceptors (Lipinski definition) is 1. The number of benzene rings is 8. The van der Waals surface area contributed by atoms with Gasteiger partial charge in [0.1, 0.15) is 0 Å². The molecule has 8 aromatic carbocycles. The van der Waals surface area contributed by atoms with Gasteiger partial charge in [-0.3, -0.25) is 0 Å². The molecule has 1 heterocycles. The molecule has 0 radical (unpaired) electrons. The second-order valence-electron chi connectivity index (χ2n) is 14.2. The van der Waals surface area contributed by atoms with Crippen molar-refractivity contribution in [2.45, 2.75) is 19.3 Å². The van der Waals surface area contributed by atoms with Crippen molar-refractivity contribution < 1.29 is 0 Å². The van der Waals surface area contributed by atoms with Crippen molar-refractivity contribution in [3.8, 4) is 27.9 Å². The molecule has 242 valence electrons. The number of hydrogen-bond donors (Lipinski definition) is 0. The van der Waals surface area contributed by atoms with Crippen molar-refractivity contribution in [1.29, 1.82) is 0 Å². The van der Waals surface area contributed by atoms with Crippen molar-refractivity contribution in [3.63, 3.8) is 0 Å². The van der Waals surface area contributed by atoms with Gasteiger partial charge in [0, 0.05) is 33.2 Å². The van der Waals surface area contributed by atoms with Gasteiger partial charge < -0.3 is 9.47 Å². The molecule has 0 N–H and O–H groups in total. The van der Waals surface area contributed by atoms with Crippen molar-refractivity contribution in [2.75, 3.05) is 4.90 Å². The molecule has 0 unspecified atom stereocenters. The van der Waals surface area contributed by atoms with Crippen LogP contribution in [0.4, 0.5) is 17.1 Å². The van der Waals surface area contributed by atoms with Gasteiger partial charge in [-0.05, 0) is 98.8 Å². The molecule has 0 spiro atoms. The Kier molecular flexibility index (Phi) is 6.56. The maximum Gasteiger partial charge on any atom is 0.0568 e. The highest BCUT2D eigenvalue weighted by molar-refractivity contribution is 6.18. The summed E-state index contributed by atoms with van der Waals surface area (Å²) < 4.78 is 2.43. The zero-order valence-electron chi connectivity index (χ0n) is 28.7. The topological polar surface area (TPSA) is 8.17 Å². The van der Waals surface area contributed by atoms with Crippen LogP contribution in [0.2, 0.25) is 0 Å². The van der Waals surface area contributed by atoms with Gasteiger partial charge >= 0.3 is 0 Å². The van der Waals surface area contributed by atoms with Crippen LogP contribution >= 0.6 is 0 Å². The van der Waals surface area contributed by atoms with Crippen LogP contribution < -0.4 is 4.90 Å². The molecule has 1 aliphatic rings. The zero-order chi connectivity index (χ0) is 34.1. The van der Waals surface area contributed by atoms with Gasteiger partial charge in [0.25, 0.3) is 0 Å². The number of para-hydroxylation sites is 2. The van der Waals surface area contributed by atoms with E-state index in [0.29, 0.717) is 0 Å². The molecule has 1 aromatic heterocycles. The van der Waals surface area contributed by atoms with Crippen molar-refractivity contribution in [1.82, 2.24) is 4.57 Å². The van der Waals surface area contributed by atoms with Gasteiger partial charge in [0.2, 0.25) is 0 Å². The van der Waals surface area contributed by atoms with E-state index in [2.05, 4.69) is 205 Å². The first-order chi connectivity index (χ1) is 25.1. The molecular formula is C49H36N2. The quantitative estimate of drug-likeness (QED) is 0.180. The van der Waals surface area contributed by atoms with Crippen molar-refractivity contribution >= 4 is 49.6 Å². The molecule has 2 nitrogen and oxygen atoms in total. The van der Waals surface area contributed by atoms with Gasteiger partial charge in [-0.15, -0.1) is 0 Å². The first-order valence-electron chi connectivity index (χ1n) is 17.8. The van der Waals surface area contributed by atoms with E-state index < -0.39 is 0 Å². The van der Waals surface area contributed by atoms with Crippen LogP contribution in [0.25, 0.3) is 60.5 Å². The second kappa shape index (κ2) is 11.3. The highest BCUT2D eigenvalue weighted by atomic mass is 15.1. The Morgan fingerprint density at radius 1 is 0.451 bits per heavy atom. The summed E-state index contributed by atoms with van der Waals surface area (Å²) in [5.74, 6) is 0. The summed E-state index contributed by atoms with van der Waals surface area (Å²) in [6.07, 6.45) is 0. The van der Waals surface area contributed by atoms with Crippen LogP contribution in [0.15, 0.2) is 182 Å². The fourth-order valence-corrected chi connectivity index (χ4v) is 8.48. The fraction of sp³-hybridized carbons (Fsp3) is 0.0612. The SMILES string of the molecule is CC1(C)c2ccccc2-c2ccc(N(c3ccc4ccccc4c3)c3cc(-c4ccccc4)cc4c3c3ccccc3n4-c3ccccc3)cc21. The Morgan fingerprint density at radius 2 is 1.10 bits per heavy atom. The molecule has 0 amide bonds. The smallest absolute Gasteiger partial charge is 0.0568 e. The molecule has 1 aliphatic carbocycles. The summed E-state index contributed by atoms with van der Waals surface area (Å²) in [5.41, 5.74) is 14.6. The van der Waals surface area contributed by atoms with Gasteiger partial charge in [0.05, 0.1) is 16.7 Å². The van der Waals surface area contributed by atoms with Gasteiger partial charge in [-0.1, -0.05) is 141 Å². The molecule has 0 fully saturated rings. The standard InChI is InChI=1S/C49H36N2/c1-49(2)43-23-13-11-21-40(43)41-28-27-39(32-44(41)49)50(38-26-25-34-17-9-10-18-35(34)29-38)46-30-36(33-15-5-3-6-16-33)31-47-48(46)42-22-12-14-24-45(42)51(47)37-19-7-4-8-20-37/h3-32H,1-2H3. The highest BCUT2D eigenvalue weighted by Crippen LogP contribution is 2.52. The summed E-state index contributed by atoms with van der Waals surface area (Å²) in [4.78, 5) is 2.50. The molecule has 0 bridgehead atoms. The number of nitrogens with zero attached hydrogens (tertiary/aromatic N) is 2. The van der Waals surface area contributed by atoms with E-state index in [4.69, 9.17) is 0 Å². The average molecular weight is 653 g/mol. The summed E-state index contributed by atoms with van der Waals surface area (Å²) in [6, 6.07) is 66.8. The summed E-state index contributed by atoms with van der Waals surface area (Å²) in [6.45, 7) is 4.73. The Bertz CT molecular complexity index is 2770. The first kappa shape index (κ1) is 29.5. The van der Waals surface area contributed by atoms with Crippen LogP contribution in [0.3, 0.4) is 0 Å².